The van der Waals surface area contributed by atoms with Crippen molar-refractivity contribution in [3.05, 3.63) is 57.2 Å². The number of hydrogen-bond acceptors (Lipinski definition) is 3. The minimum absolute atomic E-state index is 0.0351. The fourth-order valence-corrected chi connectivity index (χ4v) is 2.85. The number of carbonyl (C=O) groups is 1. The zero-order valence-electron chi connectivity index (χ0n) is 12.2. The van der Waals surface area contributed by atoms with Crippen LogP contribution in [0.3, 0.4) is 0 Å². The standard InChI is InChI=1S/C16H19ClN2OS/c1-12(16(20)18-10-15-7-4-8-21-15)19(2)11-13-5-3-6-14(17)9-13/h3-9,12H,10-11H2,1-2H3,(H,18,20)/t12-/m1/s1. The normalized spacial score (nSPS) is 12.4. The lowest BCUT2D eigenvalue weighted by molar-refractivity contribution is -0.125. The van der Waals surface area contributed by atoms with Crippen LogP contribution in [0.5, 0.6) is 0 Å². The highest BCUT2D eigenvalue weighted by Crippen LogP contribution is 2.13. The van der Waals surface area contributed by atoms with Crippen molar-refractivity contribution in [1.82, 2.24) is 10.2 Å². The molecule has 1 amide bonds. The Morgan fingerprint density at radius 1 is 1.38 bits per heavy atom. The van der Waals surface area contributed by atoms with Gasteiger partial charge in [0, 0.05) is 16.4 Å². The van der Waals surface area contributed by atoms with E-state index in [1.807, 2.05) is 60.6 Å². The van der Waals surface area contributed by atoms with E-state index < -0.39 is 0 Å². The van der Waals surface area contributed by atoms with E-state index in [1.54, 1.807) is 11.3 Å². The monoisotopic (exact) mass is 322 g/mol. The molecule has 1 aromatic heterocycles. The number of amides is 1. The molecule has 1 N–H and O–H groups in total. The minimum Gasteiger partial charge on any atom is -0.350 e. The van der Waals surface area contributed by atoms with Crippen LogP contribution in [0.15, 0.2) is 41.8 Å². The Bertz CT molecular complexity index is 586. The SMILES string of the molecule is C[C@H](C(=O)NCc1cccs1)N(C)Cc1cccc(Cl)c1. The highest BCUT2D eigenvalue weighted by molar-refractivity contribution is 7.09. The predicted molar refractivity (Wildman–Crippen MR) is 88.5 cm³/mol. The summed E-state index contributed by atoms with van der Waals surface area (Å²) in [5, 5.41) is 5.69. The summed E-state index contributed by atoms with van der Waals surface area (Å²) in [5.41, 5.74) is 1.10. The van der Waals surface area contributed by atoms with E-state index in [4.69, 9.17) is 11.6 Å². The van der Waals surface area contributed by atoms with Crippen LogP contribution in [-0.4, -0.2) is 23.9 Å². The fourth-order valence-electron chi connectivity index (χ4n) is 2.00. The van der Waals surface area contributed by atoms with Crippen LogP contribution in [0, 0.1) is 0 Å². The van der Waals surface area contributed by atoms with Gasteiger partial charge in [-0.05, 0) is 43.1 Å². The average molecular weight is 323 g/mol. The predicted octanol–water partition coefficient (Wildman–Crippen LogP) is 3.54. The van der Waals surface area contributed by atoms with Gasteiger partial charge < -0.3 is 5.32 Å². The Morgan fingerprint density at radius 3 is 2.86 bits per heavy atom. The van der Waals surface area contributed by atoms with E-state index in [-0.39, 0.29) is 11.9 Å². The molecule has 0 aliphatic heterocycles. The van der Waals surface area contributed by atoms with Crippen molar-refractivity contribution < 1.29 is 4.79 Å². The van der Waals surface area contributed by atoms with Crippen LogP contribution in [0.25, 0.3) is 0 Å². The smallest absolute Gasteiger partial charge is 0.237 e. The molecule has 2 rings (SSSR count). The van der Waals surface area contributed by atoms with Crippen molar-refractivity contribution in [2.24, 2.45) is 0 Å². The van der Waals surface area contributed by atoms with E-state index in [0.717, 1.165) is 15.5 Å². The van der Waals surface area contributed by atoms with Crippen molar-refractivity contribution in [3.63, 3.8) is 0 Å². The summed E-state index contributed by atoms with van der Waals surface area (Å²) >= 11 is 7.63. The fraction of sp³-hybridized carbons (Fsp3) is 0.312. The van der Waals surface area contributed by atoms with Gasteiger partial charge in [-0.15, -0.1) is 11.3 Å². The maximum absolute atomic E-state index is 12.2. The molecule has 5 heteroatoms. The average Bonchev–Trinajstić information content (AvgIpc) is 2.97. The number of nitrogens with zero attached hydrogens (tertiary/aromatic N) is 1. The molecule has 0 fully saturated rings. The molecule has 1 aromatic carbocycles. The molecule has 0 saturated carbocycles. The molecule has 1 atom stereocenters. The summed E-state index contributed by atoms with van der Waals surface area (Å²) in [6, 6.07) is 11.5. The van der Waals surface area contributed by atoms with Crippen LogP contribution in [0.2, 0.25) is 5.02 Å². The van der Waals surface area contributed by atoms with Gasteiger partial charge in [-0.3, -0.25) is 9.69 Å². The number of benzene rings is 1. The second-order valence-electron chi connectivity index (χ2n) is 5.02. The number of carbonyl (C=O) groups excluding carboxylic acids is 1. The van der Waals surface area contributed by atoms with Crippen LogP contribution >= 0.6 is 22.9 Å². The van der Waals surface area contributed by atoms with E-state index in [1.165, 1.54) is 0 Å². The zero-order chi connectivity index (χ0) is 15.2. The Kier molecular flexibility index (Phi) is 5.79. The number of thiophene rings is 1. The van der Waals surface area contributed by atoms with Gasteiger partial charge in [-0.2, -0.15) is 0 Å². The third-order valence-electron chi connectivity index (χ3n) is 3.38. The first-order valence-corrected chi connectivity index (χ1v) is 8.07. The highest BCUT2D eigenvalue weighted by atomic mass is 35.5. The minimum atomic E-state index is -0.191. The molecule has 0 radical (unpaired) electrons. The van der Waals surface area contributed by atoms with E-state index in [9.17, 15) is 4.79 Å². The van der Waals surface area contributed by atoms with Gasteiger partial charge in [0.15, 0.2) is 0 Å². The molecule has 0 bridgehead atoms. The lowest BCUT2D eigenvalue weighted by Gasteiger charge is -2.24. The molecule has 0 aliphatic rings. The summed E-state index contributed by atoms with van der Waals surface area (Å²) in [4.78, 5) is 15.3. The molecule has 2 aromatic rings. The van der Waals surface area contributed by atoms with Crippen LogP contribution in [-0.2, 0) is 17.9 Å². The summed E-state index contributed by atoms with van der Waals surface area (Å²) < 4.78 is 0. The Hall–Kier alpha value is -1.36. The van der Waals surface area contributed by atoms with Gasteiger partial charge in [0.2, 0.25) is 5.91 Å². The number of rotatable bonds is 6. The van der Waals surface area contributed by atoms with E-state index >= 15 is 0 Å². The number of halogens is 1. The molecule has 0 unspecified atom stereocenters. The van der Waals surface area contributed by atoms with E-state index in [2.05, 4.69) is 5.32 Å². The maximum atomic E-state index is 12.2. The Labute approximate surface area is 134 Å². The van der Waals surface area contributed by atoms with Crippen molar-refractivity contribution in [3.8, 4) is 0 Å². The van der Waals surface area contributed by atoms with Gasteiger partial charge in [-0.25, -0.2) is 0 Å². The second kappa shape index (κ2) is 7.59. The second-order valence-corrected chi connectivity index (χ2v) is 6.49. The van der Waals surface area contributed by atoms with E-state index in [0.29, 0.717) is 13.1 Å². The summed E-state index contributed by atoms with van der Waals surface area (Å²) in [7, 11) is 1.94. The molecule has 21 heavy (non-hydrogen) atoms. The molecular weight excluding hydrogens is 304 g/mol. The summed E-state index contributed by atoms with van der Waals surface area (Å²) in [6.07, 6.45) is 0. The van der Waals surface area contributed by atoms with Crippen LogP contribution in [0.1, 0.15) is 17.4 Å². The van der Waals surface area contributed by atoms with Crippen LogP contribution in [0.4, 0.5) is 0 Å². The molecule has 3 nitrogen and oxygen atoms in total. The van der Waals surface area contributed by atoms with Gasteiger partial charge in [-0.1, -0.05) is 29.8 Å². The van der Waals surface area contributed by atoms with Crippen molar-refractivity contribution in [1.29, 1.82) is 0 Å². The van der Waals surface area contributed by atoms with Crippen molar-refractivity contribution >= 4 is 28.8 Å². The molecule has 0 aliphatic carbocycles. The van der Waals surface area contributed by atoms with Crippen molar-refractivity contribution in [2.75, 3.05) is 7.05 Å². The largest absolute Gasteiger partial charge is 0.350 e. The Balaban J connectivity index is 1.86. The van der Waals surface area contributed by atoms with Gasteiger partial charge >= 0.3 is 0 Å². The first-order chi connectivity index (χ1) is 10.1. The van der Waals surface area contributed by atoms with Crippen LogP contribution < -0.4 is 5.32 Å². The first kappa shape index (κ1) is 16.0. The van der Waals surface area contributed by atoms with Gasteiger partial charge in [0.05, 0.1) is 12.6 Å². The summed E-state index contributed by atoms with van der Waals surface area (Å²) in [5.74, 6) is 0.0351. The first-order valence-electron chi connectivity index (χ1n) is 6.81. The number of hydrogen-bond donors (Lipinski definition) is 1. The third kappa shape index (κ3) is 4.84. The highest BCUT2D eigenvalue weighted by Gasteiger charge is 2.17. The molecule has 1 heterocycles. The third-order valence-corrected chi connectivity index (χ3v) is 4.49. The molecule has 112 valence electrons. The topological polar surface area (TPSA) is 32.3 Å². The zero-order valence-corrected chi connectivity index (χ0v) is 13.7. The molecule has 0 saturated heterocycles. The van der Waals surface area contributed by atoms with Gasteiger partial charge in [0.25, 0.3) is 0 Å². The summed E-state index contributed by atoms with van der Waals surface area (Å²) in [6.45, 7) is 3.19. The van der Waals surface area contributed by atoms with Crippen molar-refractivity contribution in [2.45, 2.75) is 26.1 Å². The van der Waals surface area contributed by atoms with Gasteiger partial charge in [0.1, 0.15) is 0 Å². The lowest BCUT2D eigenvalue weighted by Crippen LogP contribution is -2.42. The lowest BCUT2D eigenvalue weighted by atomic mass is 10.2. The molecular formula is C16H19ClN2OS. The number of likely N-dealkylation sites (N-methyl/N-ethyl adjacent to an activating group) is 1. The quantitative estimate of drug-likeness (QED) is 0.882. The Morgan fingerprint density at radius 2 is 2.19 bits per heavy atom. The number of nitrogens with one attached hydrogen (secondary N) is 1. The maximum Gasteiger partial charge on any atom is 0.237 e. The molecule has 0 spiro atoms.